The third kappa shape index (κ3) is 4.96. The second-order valence-electron chi connectivity index (χ2n) is 9.03. The molecule has 194 valence electrons. The van der Waals surface area contributed by atoms with E-state index >= 15 is 0 Å². The molecular formula is C29H22Cl2F3N3O. The van der Waals surface area contributed by atoms with Crippen molar-refractivity contribution in [3.8, 4) is 22.7 Å². The highest BCUT2D eigenvalue weighted by molar-refractivity contribution is 6.35. The van der Waals surface area contributed by atoms with Crippen molar-refractivity contribution in [3.63, 3.8) is 0 Å². The summed E-state index contributed by atoms with van der Waals surface area (Å²) in [6.07, 6.45) is -4.59. The van der Waals surface area contributed by atoms with Crippen LogP contribution >= 0.6 is 23.2 Å². The number of halogens is 5. The predicted molar refractivity (Wildman–Crippen MR) is 144 cm³/mol. The van der Waals surface area contributed by atoms with Gasteiger partial charge in [0.25, 0.3) is 0 Å². The van der Waals surface area contributed by atoms with Crippen LogP contribution in [-0.4, -0.2) is 14.8 Å². The highest BCUT2D eigenvalue weighted by Gasteiger charge is 2.36. The molecule has 2 heterocycles. The van der Waals surface area contributed by atoms with Gasteiger partial charge >= 0.3 is 6.18 Å². The summed E-state index contributed by atoms with van der Waals surface area (Å²) in [5.74, 6) is 0.512. The first-order valence-corrected chi connectivity index (χ1v) is 12.5. The molecule has 0 aliphatic rings. The predicted octanol–water partition coefficient (Wildman–Crippen LogP) is 8.92. The number of hydrogen-bond acceptors (Lipinski definition) is 3. The van der Waals surface area contributed by atoms with Crippen molar-refractivity contribution in [1.29, 1.82) is 0 Å². The molecular weight excluding hydrogens is 534 g/mol. The van der Waals surface area contributed by atoms with E-state index in [0.717, 1.165) is 17.2 Å². The highest BCUT2D eigenvalue weighted by atomic mass is 35.5. The maximum absolute atomic E-state index is 14.2. The number of fused-ring (bicyclic) bond motifs is 1. The first-order valence-electron chi connectivity index (χ1n) is 11.7. The molecule has 0 saturated heterocycles. The highest BCUT2D eigenvalue weighted by Crippen LogP contribution is 2.39. The Hall–Kier alpha value is -3.55. The number of rotatable bonds is 5. The Labute approximate surface area is 227 Å². The van der Waals surface area contributed by atoms with E-state index in [4.69, 9.17) is 27.9 Å². The standard InChI is InChI=1S/C29H22Cl2F3N3O/c1-16-7-10-20(13-17(16)2)37-28-27(18(3)36-37)23(29(32,33)34)14-26(35-28)19-8-11-21(12-9-19)38-15-22-24(30)5-4-6-25(22)31/h4-14H,15H2,1-3H3. The zero-order chi connectivity index (χ0) is 27.2. The molecule has 0 saturated carbocycles. The molecule has 0 atom stereocenters. The number of ether oxygens (including phenoxy) is 1. The monoisotopic (exact) mass is 555 g/mol. The van der Waals surface area contributed by atoms with Gasteiger partial charge in [0.05, 0.1) is 28.0 Å². The fourth-order valence-corrected chi connectivity index (χ4v) is 4.75. The fraction of sp³-hybridized carbons (Fsp3) is 0.172. The van der Waals surface area contributed by atoms with Crippen LogP contribution in [0, 0.1) is 20.8 Å². The largest absolute Gasteiger partial charge is 0.489 e. The van der Waals surface area contributed by atoms with Gasteiger partial charge in [-0.3, -0.25) is 0 Å². The Kier molecular flexibility index (Phi) is 6.84. The SMILES string of the molecule is Cc1ccc(-n2nc(C)c3c(C(F)(F)F)cc(-c4ccc(OCc5c(Cl)cccc5Cl)cc4)nc32)cc1C. The van der Waals surface area contributed by atoms with Crippen LogP contribution in [0.2, 0.25) is 10.0 Å². The molecule has 9 heteroatoms. The van der Waals surface area contributed by atoms with Crippen LogP contribution in [-0.2, 0) is 12.8 Å². The van der Waals surface area contributed by atoms with Crippen LogP contribution in [0.15, 0.2) is 66.7 Å². The summed E-state index contributed by atoms with van der Waals surface area (Å²) in [6, 6.07) is 18.6. The van der Waals surface area contributed by atoms with Gasteiger partial charge in [0.1, 0.15) is 12.4 Å². The van der Waals surface area contributed by atoms with Gasteiger partial charge in [0, 0.05) is 21.2 Å². The minimum atomic E-state index is -4.59. The second-order valence-corrected chi connectivity index (χ2v) is 9.84. The summed E-state index contributed by atoms with van der Waals surface area (Å²) >= 11 is 12.4. The van der Waals surface area contributed by atoms with Gasteiger partial charge < -0.3 is 4.74 Å². The van der Waals surface area contributed by atoms with Crippen molar-refractivity contribution < 1.29 is 17.9 Å². The molecule has 2 aromatic heterocycles. The molecule has 5 aromatic rings. The van der Waals surface area contributed by atoms with E-state index in [1.807, 2.05) is 32.0 Å². The number of aromatic nitrogens is 3. The first kappa shape index (κ1) is 26.1. The normalized spacial score (nSPS) is 11.8. The maximum atomic E-state index is 14.2. The summed E-state index contributed by atoms with van der Waals surface area (Å²) in [6.45, 7) is 5.63. The number of alkyl halides is 3. The molecule has 3 aromatic carbocycles. The van der Waals surface area contributed by atoms with Crippen LogP contribution < -0.4 is 4.74 Å². The third-order valence-electron chi connectivity index (χ3n) is 6.45. The van der Waals surface area contributed by atoms with Gasteiger partial charge in [-0.15, -0.1) is 0 Å². The number of aryl methyl sites for hydroxylation is 3. The quantitative estimate of drug-likeness (QED) is 0.217. The maximum Gasteiger partial charge on any atom is 0.417 e. The summed E-state index contributed by atoms with van der Waals surface area (Å²) in [7, 11) is 0. The minimum Gasteiger partial charge on any atom is -0.489 e. The zero-order valence-corrected chi connectivity index (χ0v) is 22.2. The number of hydrogen-bond donors (Lipinski definition) is 0. The Balaban J connectivity index is 1.55. The molecule has 0 fully saturated rings. The second kappa shape index (κ2) is 9.97. The third-order valence-corrected chi connectivity index (χ3v) is 7.16. The van der Waals surface area contributed by atoms with E-state index in [1.165, 1.54) is 4.68 Å². The summed E-state index contributed by atoms with van der Waals surface area (Å²) in [5.41, 5.74) is 3.68. The first-order chi connectivity index (χ1) is 18.0. The van der Waals surface area contributed by atoms with Crippen LogP contribution in [0.1, 0.15) is 27.9 Å². The summed E-state index contributed by atoms with van der Waals surface area (Å²) in [5, 5.41) is 5.39. The lowest BCUT2D eigenvalue weighted by atomic mass is 10.0. The molecule has 5 rings (SSSR count). The van der Waals surface area contributed by atoms with Crippen LogP contribution in [0.4, 0.5) is 13.2 Å². The fourth-order valence-electron chi connectivity index (χ4n) is 4.25. The van der Waals surface area contributed by atoms with Gasteiger partial charge in [0.2, 0.25) is 0 Å². The van der Waals surface area contributed by atoms with Crippen molar-refractivity contribution in [2.24, 2.45) is 0 Å². The topological polar surface area (TPSA) is 39.9 Å². The summed E-state index contributed by atoms with van der Waals surface area (Å²) in [4.78, 5) is 4.64. The van der Waals surface area contributed by atoms with E-state index in [9.17, 15) is 13.2 Å². The molecule has 4 nitrogen and oxygen atoms in total. The van der Waals surface area contributed by atoms with Gasteiger partial charge in [-0.2, -0.15) is 18.3 Å². The number of pyridine rings is 1. The van der Waals surface area contributed by atoms with Crippen LogP contribution in [0.5, 0.6) is 5.75 Å². The van der Waals surface area contributed by atoms with Gasteiger partial charge in [-0.25, -0.2) is 9.67 Å². The molecule has 0 aliphatic heterocycles. The van der Waals surface area contributed by atoms with Gasteiger partial charge in [0.15, 0.2) is 5.65 Å². The Morgan fingerprint density at radius 3 is 2.18 bits per heavy atom. The van der Waals surface area contributed by atoms with Crippen molar-refractivity contribution >= 4 is 34.2 Å². The number of nitrogens with zero attached hydrogens (tertiary/aromatic N) is 3. The Morgan fingerprint density at radius 1 is 0.868 bits per heavy atom. The van der Waals surface area contributed by atoms with Crippen molar-refractivity contribution in [1.82, 2.24) is 14.8 Å². The molecule has 0 spiro atoms. The van der Waals surface area contributed by atoms with E-state index in [0.29, 0.717) is 32.6 Å². The summed E-state index contributed by atoms with van der Waals surface area (Å²) < 4.78 is 49.9. The Morgan fingerprint density at radius 2 is 1.55 bits per heavy atom. The molecule has 0 aliphatic carbocycles. The lowest BCUT2D eigenvalue weighted by Crippen LogP contribution is -2.08. The van der Waals surface area contributed by atoms with E-state index in [2.05, 4.69) is 10.1 Å². The van der Waals surface area contributed by atoms with Crippen molar-refractivity contribution in [2.75, 3.05) is 0 Å². The number of benzene rings is 3. The molecule has 0 unspecified atom stereocenters. The van der Waals surface area contributed by atoms with Crippen molar-refractivity contribution in [2.45, 2.75) is 33.6 Å². The molecule has 0 amide bonds. The van der Waals surface area contributed by atoms with Gasteiger partial charge in [-0.05, 0) is 86.5 Å². The molecule has 0 bridgehead atoms. The molecule has 0 N–H and O–H groups in total. The van der Waals surface area contributed by atoms with Crippen molar-refractivity contribution in [3.05, 3.63) is 105 Å². The zero-order valence-electron chi connectivity index (χ0n) is 20.7. The molecule has 38 heavy (non-hydrogen) atoms. The lowest BCUT2D eigenvalue weighted by molar-refractivity contribution is -0.136. The van der Waals surface area contributed by atoms with E-state index in [-0.39, 0.29) is 29.0 Å². The lowest BCUT2D eigenvalue weighted by Gasteiger charge is -2.13. The Bertz CT molecular complexity index is 1640. The molecule has 0 radical (unpaired) electrons. The average Bonchev–Trinajstić information content (AvgIpc) is 3.21. The van der Waals surface area contributed by atoms with E-state index < -0.39 is 11.7 Å². The average molecular weight is 556 g/mol. The smallest absolute Gasteiger partial charge is 0.417 e. The minimum absolute atomic E-state index is 0.0175. The van der Waals surface area contributed by atoms with Crippen LogP contribution in [0.3, 0.4) is 0 Å². The van der Waals surface area contributed by atoms with E-state index in [1.54, 1.807) is 49.4 Å². The van der Waals surface area contributed by atoms with Crippen LogP contribution in [0.25, 0.3) is 28.0 Å². The van der Waals surface area contributed by atoms with Gasteiger partial charge in [-0.1, -0.05) is 35.3 Å².